The van der Waals surface area contributed by atoms with E-state index < -0.39 is 0 Å². The summed E-state index contributed by atoms with van der Waals surface area (Å²) in [7, 11) is 0. The second kappa shape index (κ2) is 2.48. The molecule has 0 N–H and O–H groups in total. The summed E-state index contributed by atoms with van der Waals surface area (Å²) < 4.78 is 0. The van der Waals surface area contributed by atoms with Gasteiger partial charge in [-0.15, -0.1) is 0 Å². The van der Waals surface area contributed by atoms with E-state index in [1.165, 1.54) is 39.0 Å². The van der Waals surface area contributed by atoms with Crippen molar-refractivity contribution < 1.29 is 0 Å². The molecular formula is C11H20N2. The first kappa shape index (κ1) is 8.25. The normalized spacial score (nSPS) is 33.5. The lowest BCUT2D eigenvalue weighted by Crippen LogP contribution is -2.66. The predicted molar refractivity (Wildman–Crippen MR) is 53.7 cm³/mol. The first-order chi connectivity index (χ1) is 6.19. The lowest BCUT2D eigenvalue weighted by Gasteiger charge is -2.53. The van der Waals surface area contributed by atoms with Gasteiger partial charge in [-0.25, -0.2) is 0 Å². The van der Waals surface area contributed by atoms with Crippen LogP contribution in [0.25, 0.3) is 0 Å². The van der Waals surface area contributed by atoms with Crippen LogP contribution in [0.3, 0.4) is 0 Å². The molecule has 3 aliphatic rings. The minimum absolute atomic E-state index is 0.757. The van der Waals surface area contributed by atoms with E-state index in [-0.39, 0.29) is 0 Å². The average molecular weight is 180 g/mol. The van der Waals surface area contributed by atoms with E-state index >= 15 is 0 Å². The van der Waals surface area contributed by atoms with Crippen LogP contribution in [0.1, 0.15) is 26.7 Å². The molecule has 1 saturated carbocycles. The number of hydrogen-bond donors (Lipinski definition) is 0. The highest BCUT2D eigenvalue weighted by atomic mass is 15.4. The van der Waals surface area contributed by atoms with E-state index in [4.69, 9.17) is 0 Å². The minimum Gasteiger partial charge on any atom is -0.298 e. The number of nitrogens with zero attached hydrogens (tertiary/aromatic N) is 2. The zero-order valence-electron chi connectivity index (χ0n) is 8.79. The number of hydrogen-bond acceptors (Lipinski definition) is 2. The molecule has 2 heteroatoms. The molecule has 0 atom stereocenters. The maximum absolute atomic E-state index is 2.70. The second-order valence-corrected chi connectivity index (χ2v) is 5.61. The first-order valence-corrected chi connectivity index (χ1v) is 5.67. The van der Waals surface area contributed by atoms with Gasteiger partial charge in [0.15, 0.2) is 0 Å². The second-order valence-electron chi connectivity index (χ2n) is 5.61. The third-order valence-corrected chi connectivity index (χ3v) is 4.17. The monoisotopic (exact) mass is 180 g/mol. The Morgan fingerprint density at radius 3 is 2.23 bits per heavy atom. The molecule has 2 nitrogen and oxygen atoms in total. The van der Waals surface area contributed by atoms with Crippen LogP contribution in [-0.4, -0.2) is 48.1 Å². The van der Waals surface area contributed by atoms with Crippen LogP contribution >= 0.6 is 0 Å². The van der Waals surface area contributed by atoms with E-state index in [2.05, 4.69) is 23.6 Å². The summed E-state index contributed by atoms with van der Waals surface area (Å²) in [4.78, 5) is 5.27. The van der Waals surface area contributed by atoms with E-state index in [1.54, 1.807) is 0 Å². The van der Waals surface area contributed by atoms with Crippen LogP contribution in [0.2, 0.25) is 0 Å². The van der Waals surface area contributed by atoms with Crippen LogP contribution in [-0.2, 0) is 0 Å². The molecule has 0 bridgehead atoms. The lowest BCUT2D eigenvalue weighted by molar-refractivity contribution is -0.0505. The third-order valence-electron chi connectivity index (χ3n) is 4.17. The van der Waals surface area contributed by atoms with Crippen molar-refractivity contribution in [2.75, 3.05) is 26.2 Å². The van der Waals surface area contributed by atoms with Crippen molar-refractivity contribution in [2.24, 2.45) is 5.41 Å². The zero-order chi connectivity index (χ0) is 9.05. The fourth-order valence-electron chi connectivity index (χ4n) is 2.71. The molecule has 0 radical (unpaired) electrons. The Morgan fingerprint density at radius 2 is 1.77 bits per heavy atom. The van der Waals surface area contributed by atoms with E-state index in [0.717, 1.165) is 17.5 Å². The molecule has 2 aliphatic heterocycles. The molecule has 0 aromatic carbocycles. The van der Waals surface area contributed by atoms with Crippen molar-refractivity contribution in [3.63, 3.8) is 0 Å². The Kier molecular flexibility index (Phi) is 1.58. The SMILES string of the molecule is CC(C)N1CC(N2CC3(CC3)C2)C1. The van der Waals surface area contributed by atoms with Crippen molar-refractivity contribution in [3.8, 4) is 0 Å². The topological polar surface area (TPSA) is 6.48 Å². The highest BCUT2D eigenvalue weighted by Crippen LogP contribution is 2.53. The van der Waals surface area contributed by atoms with Gasteiger partial charge in [0.2, 0.25) is 0 Å². The molecule has 74 valence electrons. The molecule has 0 aromatic rings. The van der Waals surface area contributed by atoms with Crippen molar-refractivity contribution in [1.82, 2.24) is 9.80 Å². The molecule has 0 aromatic heterocycles. The van der Waals surface area contributed by atoms with Crippen LogP contribution in [0.15, 0.2) is 0 Å². The summed E-state index contributed by atoms with van der Waals surface area (Å²) in [5.74, 6) is 0. The number of rotatable bonds is 2. The van der Waals surface area contributed by atoms with Crippen LogP contribution in [0, 0.1) is 5.41 Å². The van der Waals surface area contributed by atoms with Gasteiger partial charge in [-0.05, 0) is 32.1 Å². The molecule has 3 rings (SSSR count). The maximum Gasteiger partial charge on any atom is 0.0351 e. The zero-order valence-corrected chi connectivity index (χ0v) is 8.79. The van der Waals surface area contributed by atoms with Gasteiger partial charge in [-0.3, -0.25) is 9.80 Å². The summed E-state index contributed by atoms with van der Waals surface area (Å²) in [6.45, 7) is 10.1. The van der Waals surface area contributed by atoms with Crippen LogP contribution in [0.4, 0.5) is 0 Å². The van der Waals surface area contributed by atoms with E-state index in [0.29, 0.717) is 0 Å². The third kappa shape index (κ3) is 1.23. The Bertz CT molecular complexity index is 206. The van der Waals surface area contributed by atoms with Crippen molar-refractivity contribution >= 4 is 0 Å². The van der Waals surface area contributed by atoms with E-state index in [1.807, 2.05) is 0 Å². The summed E-state index contributed by atoms with van der Waals surface area (Å²) in [6, 6.07) is 1.67. The van der Waals surface area contributed by atoms with Gasteiger partial charge in [0, 0.05) is 38.3 Å². The predicted octanol–water partition coefficient (Wildman–Crippen LogP) is 1.17. The Hall–Kier alpha value is -0.0800. The van der Waals surface area contributed by atoms with Gasteiger partial charge in [-0.2, -0.15) is 0 Å². The van der Waals surface area contributed by atoms with Crippen LogP contribution < -0.4 is 0 Å². The molecule has 2 saturated heterocycles. The molecule has 13 heavy (non-hydrogen) atoms. The quantitative estimate of drug-likeness (QED) is 0.629. The van der Waals surface area contributed by atoms with Crippen LogP contribution in [0.5, 0.6) is 0 Å². The summed E-state index contributed by atoms with van der Waals surface area (Å²) in [5.41, 5.74) is 0.845. The Balaban J connectivity index is 1.45. The fraction of sp³-hybridized carbons (Fsp3) is 1.00. The van der Waals surface area contributed by atoms with Gasteiger partial charge in [0.25, 0.3) is 0 Å². The first-order valence-electron chi connectivity index (χ1n) is 5.67. The Labute approximate surface area is 80.9 Å². The molecule has 1 spiro atoms. The van der Waals surface area contributed by atoms with Crippen molar-refractivity contribution in [2.45, 2.75) is 38.8 Å². The van der Waals surface area contributed by atoms with Gasteiger partial charge in [-0.1, -0.05) is 0 Å². The molecule has 1 aliphatic carbocycles. The van der Waals surface area contributed by atoms with Gasteiger partial charge in [0.05, 0.1) is 0 Å². The number of likely N-dealkylation sites (tertiary alicyclic amines) is 2. The lowest BCUT2D eigenvalue weighted by atomic mass is 9.91. The average Bonchev–Trinajstić information content (AvgIpc) is 2.60. The minimum atomic E-state index is 0.757. The molecular weight excluding hydrogens is 160 g/mol. The molecule has 3 fully saturated rings. The Morgan fingerprint density at radius 1 is 1.15 bits per heavy atom. The largest absolute Gasteiger partial charge is 0.298 e. The fourth-order valence-corrected chi connectivity index (χ4v) is 2.71. The van der Waals surface area contributed by atoms with Gasteiger partial charge in [0.1, 0.15) is 0 Å². The highest BCUT2D eigenvalue weighted by Gasteiger charge is 2.55. The van der Waals surface area contributed by atoms with Crippen molar-refractivity contribution in [1.29, 1.82) is 0 Å². The standard InChI is InChI=1S/C11H20N2/c1-9(2)12-5-10(6-12)13-7-11(8-13)3-4-11/h9-10H,3-8H2,1-2H3. The smallest absolute Gasteiger partial charge is 0.0351 e. The summed E-state index contributed by atoms with van der Waals surface area (Å²) in [6.07, 6.45) is 3.04. The van der Waals surface area contributed by atoms with Crippen molar-refractivity contribution in [3.05, 3.63) is 0 Å². The molecule has 2 heterocycles. The van der Waals surface area contributed by atoms with Gasteiger partial charge < -0.3 is 0 Å². The van der Waals surface area contributed by atoms with Gasteiger partial charge >= 0.3 is 0 Å². The van der Waals surface area contributed by atoms with E-state index in [9.17, 15) is 0 Å². The molecule has 0 amide bonds. The molecule has 0 unspecified atom stereocenters. The summed E-state index contributed by atoms with van der Waals surface area (Å²) in [5, 5.41) is 0. The maximum atomic E-state index is 2.70. The summed E-state index contributed by atoms with van der Waals surface area (Å²) >= 11 is 0. The highest BCUT2D eigenvalue weighted by molar-refractivity contribution is 5.08.